The van der Waals surface area contributed by atoms with Crippen LogP contribution in [-0.2, 0) is 18.8 Å². The van der Waals surface area contributed by atoms with Gasteiger partial charge in [-0.05, 0) is 24.3 Å². The number of benzene rings is 1. The third-order valence-electron chi connectivity index (χ3n) is 5.03. The number of nitrogen functional groups attached to an aromatic ring is 1. The Bertz CT molecular complexity index is 895. The third-order valence-corrected chi connectivity index (χ3v) is 5.03. The Balaban J connectivity index is 2.21. The second-order valence-electron chi connectivity index (χ2n) is 6.48. The fourth-order valence-corrected chi connectivity index (χ4v) is 3.48. The summed E-state index contributed by atoms with van der Waals surface area (Å²) in [7, 11) is 4.67. The highest BCUT2D eigenvalue weighted by molar-refractivity contribution is 5.45. The molecule has 0 aliphatic carbocycles. The molecule has 1 saturated heterocycles. The normalized spacial score (nSPS) is 16.4. The summed E-state index contributed by atoms with van der Waals surface area (Å²) < 4.78 is 13.2. The fourth-order valence-electron chi connectivity index (χ4n) is 3.48. The predicted octanol–water partition coefficient (Wildman–Crippen LogP) is -1.32. The summed E-state index contributed by atoms with van der Waals surface area (Å²) >= 11 is 0. The number of methoxy groups -OCH3 is 1. The highest BCUT2D eigenvalue weighted by Crippen LogP contribution is 2.23. The topological polar surface area (TPSA) is 92.9 Å². The van der Waals surface area contributed by atoms with E-state index in [1.54, 1.807) is 14.2 Å². The number of hydrogen-bond acceptors (Lipinski definition) is 5. The van der Waals surface area contributed by atoms with E-state index >= 15 is 0 Å². The van der Waals surface area contributed by atoms with E-state index in [-0.39, 0.29) is 17.4 Å². The van der Waals surface area contributed by atoms with Gasteiger partial charge in [0, 0.05) is 19.7 Å². The Morgan fingerprint density at radius 2 is 1.73 bits per heavy atom. The summed E-state index contributed by atoms with van der Waals surface area (Å²) in [5.41, 5.74) is 6.84. The first kappa shape index (κ1) is 18.2. The molecule has 0 saturated carbocycles. The van der Waals surface area contributed by atoms with Gasteiger partial charge in [0.15, 0.2) is 0 Å². The molecule has 0 unspecified atom stereocenters. The quantitative estimate of drug-likeness (QED) is 0.705. The molecule has 1 fully saturated rings. The fraction of sp³-hybridized carbons (Fsp3) is 0.444. The summed E-state index contributed by atoms with van der Waals surface area (Å²) in [4.78, 5) is 26.3. The third kappa shape index (κ3) is 3.13. The number of nitrogens with zero attached hydrogens (tertiary/aromatic N) is 2. The van der Waals surface area contributed by atoms with Crippen LogP contribution in [0, 0.1) is 0 Å². The zero-order valence-corrected chi connectivity index (χ0v) is 15.3. The van der Waals surface area contributed by atoms with Gasteiger partial charge in [-0.3, -0.25) is 13.9 Å². The van der Waals surface area contributed by atoms with Crippen molar-refractivity contribution in [3.63, 3.8) is 0 Å². The highest BCUT2D eigenvalue weighted by atomic mass is 16.5. The second kappa shape index (κ2) is 7.35. The van der Waals surface area contributed by atoms with E-state index in [2.05, 4.69) is 0 Å². The maximum atomic E-state index is 12.9. The summed E-state index contributed by atoms with van der Waals surface area (Å²) in [5.74, 6) is 0.948. The van der Waals surface area contributed by atoms with Crippen molar-refractivity contribution in [2.45, 2.75) is 6.04 Å². The zero-order valence-electron chi connectivity index (χ0n) is 15.3. The van der Waals surface area contributed by atoms with Gasteiger partial charge in [0.25, 0.3) is 5.56 Å². The molecule has 0 amide bonds. The molecule has 0 bridgehead atoms. The molecule has 26 heavy (non-hydrogen) atoms. The van der Waals surface area contributed by atoms with Crippen LogP contribution in [0.5, 0.6) is 5.75 Å². The molecule has 1 atom stereocenters. The first-order valence-corrected chi connectivity index (χ1v) is 8.57. The van der Waals surface area contributed by atoms with Crippen molar-refractivity contribution >= 4 is 5.82 Å². The lowest BCUT2D eigenvalue weighted by Crippen LogP contribution is -3.14. The number of hydrogen-bond donors (Lipinski definition) is 2. The van der Waals surface area contributed by atoms with Crippen molar-refractivity contribution in [1.82, 2.24) is 9.13 Å². The first-order chi connectivity index (χ1) is 12.5. The molecule has 0 radical (unpaired) electrons. The molecule has 0 spiro atoms. The molecule has 2 heterocycles. The Morgan fingerprint density at radius 1 is 1.12 bits per heavy atom. The SMILES string of the molecule is COc1ccc([C@H](c2c(N)n(C)c(=O)n(C)c2=O)[NH+]2CCOCC2)cc1. The molecule has 8 nitrogen and oxygen atoms in total. The van der Waals surface area contributed by atoms with Crippen molar-refractivity contribution in [3.05, 3.63) is 56.2 Å². The minimum absolute atomic E-state index is 0.206. The van der Waals surface area contributed by atoms with Crippen molar-refractivity contribution in [1.29, 1.82) is 0 Å². The summed E-state index contributed by atoms with van der Waals surface area (Å²) in [5, 5.41) is 0. The van der Waals surface area contributed by atoms with E-state index in [0.717, 1.165) is 29.0 Å². The minimum atomic E-state index is -0.429. The van der Waals surface area contributed by atoms with Gasteiger partial charge in [0.2, 0.25) is 0 Å². The van der Waals surface area contributed by atoms with Gasteiger partial charge >= 0.3 is 5.69 Å². The monoisotopic (exact) mass is 361 g/mol. The largest absolute Gasteiger partial charge is 0.497 e. The molecular weight excluding hydrogens is 336 g/mol. The van der Waals surface area contributed by atoms with Crippen LogP contribution in [0.15, 0.2) is 33.9 Å². The van der Waals surface area contributed by atoms with Crippen molar-refractivity contribution in [3.8, 4) is 5.75 Å². The second-order valence-corrected chi connectivity index (χ2v) is 6.48. The average Bonchev–Trinajstić information content (AvgIpc) is 2.69. The summed E-state index contributed by atoms with van der Waals surface area (Å²) in [6, 6.07) is 7.33. The summed E-state index contributed by atoms with van der Waals surface area (Å²) in [6.45, 7) is 2.74. The maximum Gasteiger partial charge on any atom is 0.332 e. The lowest BCUT2D eigenvalue weighted by Gasteiger charge is -2.32. The lowest BCUT2D eigenvalue weighted by atomic mass is 9.97. The van der Waals surface area contributed by atoms with Crippen molar-refractivity contribution < 1.29 is 14.4 Å². The van der Waals surface area contributed by atoms with Gasteiger partial charge in [0.05, 0.1) is 20.3 Å². The molecule has 1 aliphatic rings. The van der Waals surface area contributed by atoms with E-state index in [1.165, 1.54) is 16.5 Å². The number of aromatic nitrogens is 2. The van der Waals surface area contributed by atoms with E-state index < -0.39 is 5.69 Å². The molecule has 1 aliphatic heterocycles. The number of quaternary nitrogens is 1. The predicted molar refractivity (Wildman–Crippen MR) is 97.7 cm³/mol. The number of nitrogens with two attached hydrogens (primary N) is 1. The van der Waals surface area contributed by atoms with Crippen molar-refractivity contribution in [2.75, 3.05) is 39.1 Å². The number of nitrogens with one attached hydrogen (secondary N) is 1. The van der Waals surface area contributed by atoms with Gasteiger partial charge in [-0.1, -0.05) is 0 Å². The number of anilines is 1. The standard InChI is InChI=1S/C18H24N4O4/c1-20-16(19)14(17(23)21(2)18(20)24)15(22-8-10-26-11-9-22)12-4-6-13(25-3)7-5-12/h4-7,15H,8-11,19H2,1-3H3/p+1/t15-/m1/s1. The minimum Gasteiger partial charge on any atom is -0.497 e. The lowest BCUT2D eigenvalue weighted by molar-refractivity contribution is -0.933. The van der Waals surface area contributed by atoms with Crippen LogP contribution in [0.4, 0.5) is 5.82 Å². The van der Waals surface area contributed by atoms with Gasteiger partial charge in [-0.2, -0.15) is 0 Å². The average molecular weight is 361 g/mol. The smallest absolute Gasteiger partial charge is 0.332 e. The molecule has 1 aromatic heterocycles. The number of morpholine rings is 1. The van der Waals surface area contributed by atoms with E-state index in [0.29, 0.717) is 18.8 Å². The van der Waals surface area contributed by atoms with Gasteiger partial charge in [-0.25, -0.2) is 4.79 Å². The van der Waals surface area contributed by atoms with Crippen LogP contribution in [0.25, 0.3) is 0 Å². The maximum absolute atomic E-state index is 12.9. The zero-order chi connectivity index (χ0) is 18.8. The van der Waals surface area contributed by atoms with Crippen LogP contribution in [-0.4, -0.2) is 42.5 Å². The molecule has 8 heteroatoms. The first-order valence-electron chi connectivity index (χ1n) is 8.57. The van der Waals surface area contributed by atoms with Crippen LogP contribution in [0.1, 0.15) is 17.2 Å². The molecule has 1 aromatic carbocycles. The van der Waals surface area contributed by atoms with Gasteiger partial charge < -0.3 is 20.1 Å². The molecular formula is C18H25N4O4+. The molecule has 2 aromatic rings. The Kier molecular flexibility index (Phi) is 5.15. The van der Waals surface area contributed by atoms with E-state index in [9.17, 15) is 9.59 Å². The molecule has 140 valence electrons. The van der Waals surface area contributed by atoms with Gasteiger partial charge in [0.1, 0.15) is 36.3 Å². The van der Waals surface area contributed by atoms with E-state index in [1.807, 2.05) is 24.3 Å². The van der Waals surface area contributed by atoms with E-state index in [4.69, 9.17) is 15.2 Å². The van der Waals surface area contributed by atoms with Crippen LogP contribution < -0.4 is 26.6 Å². The highest BCUT2D eigenvalue weighted by Gasteiger charge is 2.33. The molecule has 3 N–H and O–H groups in total. The Morgan fingerprint density at radius 3 is 2.31 bits per heavy atom. The Labute approximate surface area is 151 Å². The van der Waals surface area contributed by atoms with Crippen LogP contribution >= 0.6 is 0 Å². The number of ether oxygens (including phenoxy) is 2. The van der Waals surface area contributed by atoms with Crippen LogP contribution in [0.2, 0.25) is 0 Å². The number of rotatable bonds is 4. The summed E-state index contributed by atoms with van der Waals surface area (Å²) in [6.07, 6.45) is 0. The van der Waals surface area contributed by atoms with Crippen molar-refractivity contribution in [2.24, 2.45) is 14.1 Å². The molecule has 3 rings (SSSR count). The van der Waals surface area contributed by atoms with Crippen LogP contribution in [0.3, 0.4) is 0 Å². The Hall–Kier alpha value is -2.58. The van der Waals surface area contributed by atoms with Gasteiger partial charge in [-0.15, -0.1) is 0 Å².